The molecule has 0 atom stereocenters. The molecule has 9 heteroatoms. The van der Waals surface area contributed by atoms with Gasteiger partial charge in [-0.3, -0.25) is 14.4 Å². The van der Waals surface area contributed by atoms with E-state index in [1.807, 2.05) is 0 Å². The average molecular weight is 485 g/mol. The molecule has 160 valence electrons. The van der Waals surface area contributed by atoms with Crippen LogP contribution in [0.3, 0.4) is 0 Å². The van der Waals surface area contributed by atoms with Gasteiger partial charge in [0.25, 0.3) is 11.5 Å². The molecule has 0 saturated carbocycles. The lowest BCUT2D eigenvalue weighted by Crippen LogP contribution is -2.30. The Kier molecular flexibility index (Phi) is 6.96. The number of aliphatic carboxylic acids is 1. The molecule has 2 N–H and O–H groups in total. The van der Waals surface area contributed by atoms with E-state index < -0.39 is 11.9 Å². The summed E-state index contributed by atoms with van der Waals surface area (Å²) in [5.74, 6) is -1.55. The first kappa shape index (κ1) is 22.4. The molecule has 0 aliphatic rings. The molecule has 0 radical (unpaired) electrons. The fourth-order valence-corrected chi connectivity index (χ4v) is 3.29. The van der Waals surface area contributed by atoms with Crippen molar-refractivity contribution in [3.63, 3.8) is 0 Å². The Labute approximate surface area is 186 Å². The van der Waals surface area contributed by atoms with E-state index in [0.717, 1.165) is 4.47 Å². The average Bonchev–Trinajstić information content (AvgIpc) is 2.74. The zero-order valence-corrected chi connectivity index (χ0v) is 18.6. The van der Waals surface area contributed by atoms with Crippen LogP contribution < -0.4 is 11.0 Å². The summed E-state index contributed by atoms with van der Waals surface area (Å²) in [4.78, 5) is 36.6. The summed E-state index contributed by atoms with van der Waals surface area (Å²) in [5, 5.41) is 18.3. The maximum Gasteiger partial charge on any atom is 0.303 e. The predicted molar refractivity (Wildman–Crippen MR) is 121 cm³/mol. The van der Waals surface area contributed by atoms with Crippen LogP contribution in [0.2, 0.25) is 0 Å². The van der Waals surface area contributed by atoms with Crippen LogP contribution in [0.5, 0.6) is 0 Å². The highest BCUT2D eigenvalue weighted by molar-refractivity contribution is 9.10. The van der Waals surface area contributed by atoms with E-state index in [0.29, 0.717) is 22.0 Å². The fourth-order valence-electron chi connectivity index (χ4n) is 3.03. The Hall–Kier alpha value is -3.33. The van der Waals surface area contributed by atoms with Gasteiger partial charge >= 0.3 is 5.97 Å². The molecule has 3 rings (SSSR count). The SMILES string of the molecule is CC(C)n1nc(C(=O)N/N=C(/CCC(=O)O)c2ccc(Br)cc2)c2ccccc2c1=O. The highest BCUT2D eigenvalue weighted by Gasteiger charge is 2.18. The van der Waals surface area contributed by atoms with Crippen LogP contribution in [0, 0.1) is 0 Å². The smallest absolute Gasteiger partial charge is 0.303 e. The summed E-state index contributed by atoms with van der Waals surface area (Å²) < 4.78 is 2.13. The number of carbonyl (C=O) groups excluding carboxylic acids is 1. The molecule has 0 spiro atoms. The Morgan fingerprint density at radius 1 is 1.10 bits per heavy atom. The Bertz CT molecular complexity index is 1220. The predicted octanol–water partition coefficient (Wildman–Crippen LogP) is 3.74. The Morgan fingerprint density at radius 3 is 2.35 bits per heavy atom. The second-order valence-corrected chi connectivity index (χ2v) is 8.05. The number of benzene rings is 2. The largest absolute Gasteiger partial charge is 0.481 e. The van der Waals surface area contributed by atoms with Crippen molar-refractivity contribution in [3.8, 4) is 0 Å². The number of carboxylic acids is 1. The van der Waals surface area contributed by atoms with Crippen LogP contribution in [0.1, 0.15) is 48.8 Å². The number of fused-ring (bicyclic) bond motifs is 1. The molecule has 1 heterocycles. The van der Waals surface area contributed by atoms with E-state index in [9.17, 15) is 14.4 Å². The van der Waals surface area contributed by atoms with Crippen LogP contribution in [-0.4, -0.2) is 32.5 Å². The van der Waals surface area contributed by atoms with Gasteiger partial charge in [0.15, 0.2) is 5.69 Å². The van der Waals surface area contributed by atoms with Gasteiger partial charge in [0.1, 0.15) is 0 Å². The molecule has 3 aromatic rings. The van der Waals surface area contributed by atoms with Crippen molar-refractivity contribution in [2.45, 2.75) is 32.7 Å². The lowest BCUT2D eigenvalue weighted by molar-refractivity contribution is -0.136. The minimum absolute atomic E-state index is 0.0704. The van der Waals surface area contributed by atoms with Gasteiger partial charge in [-0.2, -0.15) is 10.2 Å². The minimum Gasteiger partial charge on any atom is -0.481 e. The number of amides is 1. The van der Waals surface area contributed by atoms with Crippen molar-refractivity contribution in [3.05, 3.63) is 74.6 Å². The normalized spacial score (nSPS) is 11.7. The van der Waals surface area contributed by atoms with Gasteiger partial charge in [-0.25, -0.2) is 10.1 Å². The molecular weight excluding hydrogens is 464 g/mol. The van der Waals surface area contributed by atoms with Crippen molar-refractivity contribution in [1.82, 2.24) is 15.2 Å². The highest BCUT2D eigenvalue weighted by atomic mass is 79.9. The van der Waals surface area contributed by atoms with Crippen LogP contribution in [-0.2, 0) is 4.79 Å². The molecule has 1 aromatic heterocycles. The molecular formula is C22H21BrN4O4. The molecule has 0 unspecified atom stereocenters. The molecule has 2 aromatic carbocycles. The van der Waals surface area contributed by atoms with Crippen LogP contribution >= 0.6 is 15.9 Å². The van der Waals surface area contributed by atoms with E-state index in [1.165, 1.54) is 4.68 Å². The van der Waals surface area contributed by atoms with E-state index in [4.69, 9.17) is 5.11 Å². The summed E-state index contributed by atoms with van der Waals surface area (Å²) in [6.07, 6.45) is 0.00108. The van der Waals surface area contributed by atoms with E-state index in [1.54, 1.807) is 62.4 Å². The molecule has 0 aliphatic heterocycles. The van der Waals surface area contributed by atoms with E-state index in [2.05, 4.69) is 31.6 Å². The lowest BCUT2D eigenvalue weighted by Gasteiger charge is -2.13. The molecule has 31 heavy (non-hydrogen) atoms. The summed E-state index contributed by atoms with van der Waals surface area (Å²) in [6, 6.07) is 13.7. The number of nitrogens with one attached hydrogen (secondary N) is 1. The first-order valence-corrected chi connectivity index (χ1v) is 10.4. The number of nitrogens with zero attached hydrogens (tertiary/aromatic N) is 3. The molecule has 0 bridgehead atoms. The minimum atomic E-state index is -0.965. The number of halogens is 1. The Morgan fingerprint density at radius 2 is 1.74 bits per heavy atom. The third kappa shape index (κ3) is 5.24. The molecule has 1 amide bonds. The fraction of sp³-hybridized carbons (Fsp3) is 0.227. The van der Waals surface area contributed by atoms with Gasteiger partial charge < -0.3 is 5.11 Å². The quantitative estimate of drug-likeness (QED) is 0.391. The molecule has 0 fully saturated rings. The van der Waals surface area contributed by atoms with E-state index in [-0.39, 0.29) is 30.1 Å². The van der Waals surface area contributed by atoms with Crippen molar-refractivity contribution in [2.24, 2.45) is 5.10 Å². The molecule has 8 nitrogen and oxygen atoms in total. The Balaban J connectivity index is 2.00. The third-order valence-corrected chi connectivity index (χ3v) is 5.11. The van der Waals surface area contributed by atoms with Crippen LogP contribution in [0.15, 0.2) is 62.9 Å². The van der Waals surface area contributed by atoms with Gasteiger partial charge in [0.05, 0.1) is 23.6 Å². The number of carbonyl (C=O) groups is 2. The number of aromatic nitrogens is 2. The van der Waals surface area contributed by atoms with Crippen molar-refractivity contribution >= 4 is 44.3 Å². The second-order valence-electron chi connectivity index (χ2n) is 7.14. The van der Waals surface area contributed by atoms with Gasteiger partial charge in [-0.05, 0) is 37.6 Å². The summed E-state index contributed by atoms with van der Waals surface area (Å²) in [7, 11) is 0. The van der Waals surface area contributed by atoms with Crippen molar-refractivity contribution in [2.75, 3.05) is 0 Å². The number of hydrogen-bond acceptors (Lipinski definition) is 5. The first-order chi connectivity index (χ1) is 14.8. The van der Waals surface area contributed by atoms with Crippen molar-refractivity contribution in [1.29, 1.82) is 0 Å². The number of rotatable bonds is 7. The zero-order chi connectivity index (χ0) is 22.5. The maximum atomic E-state index is 13.0. The molecule has 0 saturated heterocycles. The first-order valence-electron chi connectivity index (χ1n) is 9.64. The topological polar surface area (TPSA) is 114 Å². The monoisotopic (exact) mass is 484 g/mol. The standard InChI is InChI=1S/C22H21BrN4O4/c1-13(2)27-22(31)17-6-4-3-5-16(17)20(26-27)21(30)25-24-18(11-12-19(28)29)14-7-9-15(23)10-8-14/h3-10,13H,11-12H2,1-2H3,(H,25,30)(H,28,29)/b24-18-. The maximum absolute atomic E-state index is 13.0. The molecule has 0 aliphatic carbocycles. The summed E-state index contributed by atoms with van der Waals surface area (Å²) in [6.45, 7) is 3.61. The number of hydrazone groups is 1. The number of carboxylic acid groups (broad SMARTS) is 1. The van der Waals surface area contributed by atoms with Crippen LogP contribution in [0.4, 0.5) is 0 Å². The van der Waals surface area contributed by atoms with Gasteiger partial charge in [-0.1, -0.05) is 46.3 Å². The second kappa shape index (κ2) is 9.65. The zero-order valence-electron chi connectivity index (χ0n) is 17.0. The number of hydrogen-bond donors (Lipinski definition) is 2. The summed E-state index contributed by atoms with van der Waals surface area (Å²) in [5.41, 5.74) is 3.39. The van der Waals surface area contributed by atoms with Crippen LogP contribution in [0.25, 0.3) is 10.8 Å². The van der Waals surface area contributed by atoms with Crippen molar-refractivity contribution < 1.29 is 14.7 Å². The highest BCUT2D eigenvalue weighted by Crippen LogP contribution is 2.16. The third-order valence-electron chi connectivity index (χ3n) is 4.58. The van der Waals surface area contributed by atoms with Gasteiger partial charge in [-0.15, -0.1) is 0 Å². The van der Waals surface area contributed by atoms with E-state index >= 15 is 0 Å². The summed E-state index contributed by atoms with van der Waals surface area (Å²) >= 11 is 3.36. The lowest BCUT2D eigenvalue weighted by atomic mass is 10.1. The van der Waals surface area contributed by atoms with Gasteiger partial charge in [0.2, 0.25) is 0 Å². The van der Waals surface area contributed by atoms with Gasteiger partial charge in [0, 0.05) is 16.3 Å².